The first-order valence-electron chi connectivity index (χ1n) is 7.83. The quantitative estimate of drug-likeness (QED) is 0.885. The number of hydrogen-bond donors (Lipinski definition) is 2. The van der Waals surface area contributed by atoms with Gasteiger partial charge >= 0.3 is 6.18 Å². The van der Waals surface area contributed by atoms with E-state index in [1.54, 1.807) is 0 Å². The van der Waals surface area contributed by atoms with E-state index in [0.29, 0.717) is 5.82 Å². The summed E-state index contributed by atoms with van der Waals surface area (Å²) >= 11 is 0. The molecule has 0 unspecified atom stereocenters. The topological polar surface area (TPSA) is 70.3 Å². The summed E-state index contributed by atoms with van der Waals surface area (Å²) in [6, 6.07) is 5.23. The fraction of sp³-hybridized carbons (Fsp3) is 0.375. The second kappa shape index (κ2) is 6.75. The smallest absolute Gasteiger partial charge is 0.393 e. The summed E-state index contributed by atoms with van der Waals surface area (Å²) in [5.41, 5.74) is 5.51. The lowest BCUT2D eigenvalue weighted by molar-refractivity contribution is -0.136. The maximum atomic E-state index is 13.1. The lowest BCUT2D eigenvalue weighted by Crippen LogP contribution is -2.45. The molecule has 1 fully saturated rings. The second-order valence-electron chi connectivity index (χ2n) is 5.92. The number of likely N-dealkylation sites (N-methyl/N-ethyl adjacent to an activating group) is 1. The SMILES string of the molecule is CN1CCN(c2ncnc(Nc3ccccc3C(F)(F)F)c2N)CC1. The van der Waals surface area contributed by atoms with Crippen LogP contribution in [0.15, 0.2) is 30.6 Å². The Morgan fingerprint density at radius 2 is 1.76 bits per heavy atom. The Morgan fingerprint density at radius 3 is 2.44 bits per heavy atom. The summed E-state index contributed by atoms with van der Waals surface area (Å²) in [4.78, 5) is 12.4. The van der Waals surface area contributed by atoms with E-state index < -0.39 is 11.7 Å². The number of nitrogens with two attached hydrogens (primary N) is 1. The lowest BCUT2D eigenvalue weighted by Gasteiger charge is -2.33. The van der Waals surface area contributed by atoms with Crippen LogP contribution in [0.4, 0.5) is 36.2 Å². The molecule has 134 valence electrons. The first-order valence-corrected chi connectivity index (χ1v) is 7.83. The van der Waals surface area contributed by atoms with E-state index in [-0.39, 0.29) is 17.2 Å². The van der Waals surface area contributed by atoms with Gasteiger partial charge in [0.25, 0.3) is 0 Å². The Hall–Kier alpha value is -2.55. The van der Waals surface area contributed by atoms with Crippen molar-refractivity contribution in [3.8, 4) is 0 Å². The second-order valence-corrected chi connectivity index (χ2v) is 5.92. The van der Waals surface area contributed by atoms with Gasteiger partial charge < -0.3 is 20.9 Å². The van der Waals surface area contributed by atoms with Crippen LogP contribution in [0.1, 0.15) is 5.56 Å². The highest BCUT2D eigenvalue weighted by Gasteiger charge is 2.33. The van der Waals surface area contributed by atoms with Crippen LogP contribution in [0.5, 0.6) is 0 Å². The van der Waals surface area contributed by atoms with Gasteiger partial charge in [-0.1, -0.05) is 12.1 Å². The number of para-hydroxylation sites is 1. The standard InChI is InChI=1S/C16H19F3N6/c1-24-6-8-25(9-7-24)15-13(20)14(21-10-22-15)23-12-5-3-2-4-11(12)16(17,18)19/h2-5,10H,6-9,20H2,1H3,(H,21,22,23). The molecule has 0 amide bonds. The molecule has 0 aliphatic carbocycles. The minimum atomic E-state index is -4.47. The van der Waals surface area contributed by atoms with E-state index in [1.807, 2.05) is 11.9 Å². The van der Waals surface area contributed by atoms with Crippen molar-refractivity contribution >= 4 is 23.0 Å². The van der Waals surface area contributed by atoms with Gasteiger partial charge in [-0.15, -0.1) is 0 Å². The largest absolute Gasteiger partial charge is 0.418 e. The van der Waals surface area contributed by atoms with Gasteiger partial charge in [0.15, 0.2) is 11.6 Å². The molecule has 0 bridgehead atoms. The Kier molecular flexibility index (Phi) is 4.67. The van der Waals surface area contributed by atoms with Crippen LogP contribution in [0.25, 0.3) is 0 Å². The third-order valence-electron chi connectivity index (χ3n) is 4.15. The molecule has 1 saturated heterocycles. The first-order chi connectivity index (χ1) is 11.9. The molecule has 9 heteroatoms. The fourth-order valence-electron chi connectivity index (χ4n) is 2.72. The Labute approximate surface area is 143 Å². The molecule has 25 heavy (non-hydrogen) atoms. The normalized spacial score (nSPS) is 16.1. The molecule has 0 atom stereocenters. The average molecular weight is 352 g/mol. The number of anilines is 4. The van der Waals surface area contributed by atoms with Crippen LogP contribution in [0, 0.1) is 0 Å². The predicted octanol–water partition coefficient (Wildman–Crippen LogP) is 2.57. The van der Waals surface area contributed by atoms with Gasteiger partial charge in [0, 0.05) is 26.2 Å². The van der Waals surface area contributed by atoms with Crippen LogP contribution in [-0.4, -0.2) is 48.1 Å². The van der Waals surface area contributed by atoms with Crippen molar-refractivity contribution in [2.45, 2.75) is 6.18 Å². The molecule has 0 radical (unpaired) electrons. The zero-order valence-corrected chi connectivity index (χ0v) is 13.7. The van der Waals surface area contributed by atoms with Crippen molar-refractivity contribution in [1.29, 1.82) is 0 Å². The maximum Gasteiger partial charge on any atom is 0.418 e. The summed E-state index contributed by atoms with van der Waals surface area (Å²) in [5, 5.41) is 2.70. The van der Waals surface area contributed by atoms with E-state index in [2.05, 4.69) is 20.2 Å². The minimum Gasteiger partial charge on any atom is -0.393 e. The molecule has 1 aromatic heterocycles. The number of rotatable bonds is 3. The number of hydrogen-bond acceptors (Lipinski definition) is 6. The molecule has 6 nitrogen and oxygen atoms in total. The number of nitrogens with zero attached hydrogens (tertiary/aromatic N) is 4. The highest BCUT2D eigenvalue weighted by atomic mass is 19.4. The van der Waals surface area contributed by atoms with Gasteiger partial charge in [-0.3, -0.25) is 0 Å². The van der Waals surface area contributed by atoms with Crippen molar-refractivity contribution in [2.75, 3.05) is 49.2 Å². The lowest BCUT2D eigenvalue weighted by atomic mass is 10.1. The fourth-order valence-corrected chi connectivity index (χ4v) is 2.72. The number of piperazine rings is 1. The molecule has 1 aromatic carbocycles. The minimum absolute atomic E-state index is 0.0928. The Morgan fingerprint density at radius 1 is 1.08 bits per heavy atom. The Balaban J connectivity index is 1.89. The van der Waals surface area contributed by atoms with E-state index in [1.165, 1.54) is 24.5 Å². The van der Waals surface area contributed by atoms with Crippen molar-refractivity contribution in [3.63, 3.8) is 0 Å². The summed E-state index contributed by atoms with van der Waals surface area (Å²) in [5.74, 6) is 0.704. The van der Waals surface area contributed by atoms with E-state index in [0.717, 1.165) is 32.2 Å². The van der Waals surface area contributed by atoms with Crippen LogP contribution in [0.3, 0.4) is 0 Å². The number of nitrogens with one attached hydrogen (secondary N) is 1. The van der Waals surface area contributed by atoms with E-state index in [4.69, 9.17) is 5.73 Å². The molecule has 3 N–H and O–H groups in total. The number of nitrogen functional groups attached to an aromatic ring is 1. The Bertz CT molecular complexity index is 741. The molecule has 1 aliphatic rings. The molecule has 0 spiro atoms. The summed E-state index contributed by atoms with van der Waals surface area (Å²) < 4.78 is 39.4. The van der Waals surface area contributed by atoms with Crippen molar-refractivity contribution in [2.24, 2.45) is 0 Å². The van der Waals surface area contributed by atoms with Gasteiger partial charge in [-0.25, -0.2) is 9.97 Å². The van der Waals surface area contributed by atoms with Crippen molar-refractivity contribution in [1.82, 2.24) is 14.9 Å². The van der Waals surface area contributed by atoms with E-state index in [9.17, 15) is 13.2 Å². The van der Waals surface area contributed by atoms with Crippen LogP contribution < -0.4 is 16.0 Å². The highest BCUT2D eigenvalue weighted by Crippen LogP contribution is 2.37. The number of halogens is 3. The first kappa shape index (κ1) is 17.3. The van der Waals surface area contributed by atoms with Gasteiger partial charge in [-0.2, -0.15) is 13.2 Å². The number of benzene rings is 1. The van der Waals surface area contributed by atoms with Gasteiger partial charge in [0.05, 0.1) is 11.3 Å². The zero-order valence-electron chi connectivity index (χ0n) is 13.7. The number of aromatic nitrogens is 2. The predicted molar refractivity (Wildman–Crippen MR) is 90.9 cm³/mol. The molecular weight excluding hydrogens is 333 g/mol. The molecular formula is C16H19F3N6. The van der Waals surface area contributed by atoms with Crippen molar-refractivity contribution in [3.05, 3.63) is 36.2 Å². The van der Waals surface area contributed by atoms with Crippen LogP contribution in [0.2, 0.25) is 0 Å². The van der Waals surface area contributed by atoms with Gasteiger partial charge in [0.2, 0.25) is 0 Å². The molecule has 0 saturated carbocycles. The van der Waals surface area contributed by atoms with Gasteiger partial charge in [-0.05, 0) is 19.2 Å². The zero-order chi connectivity index (χ0) is 18.0. The molecule has 2 heterocycles. The maximum absolute atomic E-state index is 13.1. The van der Waals surface area contributed by atoms with Crippen LogP contribution in [-0.2, 0) is 6.18 Å². The molecule has 1 aliphatic heterocycles. The average Bonchev–Trinajstić information content (AvgIpc) is 2.57. The van der Waals surface area contributed by atoms with E-state index >= 15 is 0 Å². The van der Waals surface area contributed by atoms with Gasteiger partial charge in [0.1, 0.15) is 12.0 Å². The highest BCUT2D eigenvalue weighted by molar-refractivity contribution is 5.79. The third-order valence-corrected chi connectivity index (χ3v) is 4.15. The third kappa shape index (κ3) is 3.76. The monoisotopic (exact) mass is 352 g/mol. The summed E-state index contributed by atoms with van der Waals surface area (Å²) in [6.07, 6.45) is -3.16. The summed E-state index contributed by atoms with van der Waals surface area (Å²) in [7, 11) is 2.03. The number of alkyl halides is 3. The van der Waals surface area contributed by atoms with Crippen molar-refractivity contribution < 1.29 is 13.2 Å². The summed E-state index contributed by atoms with van der Waals surface area (Å²) in [6.45, 7) is 3.22. The molecule has 3 rings (SSSR count). The van der Waals surface area contributed by atoms with Crippen LogP contribution >= 0.6 is 0 Å². The molecule has 2 aromatic rings.